The van der Waals surface area contributed by atoms with Crippen molar-refractivity contribution in [3.8, 4) is 11.5 Å². The Morgan fingerprint density at radius 2 is 1.92 bits per heavy atom. The Kier molecular flexibility index (Phi) is 7.36. The maximum absolute atomic E-state index is 12.9. The first kappa shape index (κ1) is 25.5. The largest absolute Gasteiger partial charge is 0.450 e. The van der Waals surface area contributed by atoms with E-state index in [9.17, 15) is 13.2 Å². The Bertz CT molecular complexity index is 1310. The third kappa shape index (κ3) is 6.05. The van der Waals surface area contributed by atoms with Crippen molar-refractivity contribution in [2.24, 2.45) is 5.73 Å². The van der Waals surface area contributed by atoms with Gasteiger partial charge in [-0.2, -0.15) is 4.98 Å². The van der Waals surface area contributed by atoms with Gasteiger partial charge in [0.1, 0.15) is 0 Å². The minimum Gasteiger partial charge on any atom is -0.450 e. The van der Waals surface area contributed by atoms with Crippen LogP contribution in [0, 0.1) is 5.41 Å². The van der Waals surface area contributed by atoms with Gasteiger partial charge in [0, 0.05) is 18.6 Å². The molecule has 0 bridgehead atoms. The number of hydrogen-bond donors (Lipinski definition) is 6. The van der Waals surface area contributed by atoms with Gasteiger partial charge >= 0.3 is 5.69 Å². The van der Waals surface area contributed by atoms with E-state index >= 15 is 0 Å². The predicted octanol–water partition coefficient (Wildman–Crippen LogP) is 1.45. The Morgan fingerprint density at radius 1 is 1.16 bits per heavy atom. The maximum Gasteiger partial charge on any atom is 0.350 e. The van der Waals surface area contributed by atoms with Crippen LogP contribution in [-0.4, -0.2) is 55.4 Å². The van der Waals surface area contributed by atoms with Crippen LogP contribution in [0.5, 0.6) is 11.5 Å². The smallest absolute Gasteiger partial charge is 0.350 e. The lowest BCUT2D eigenvalue weighted by atomic mass is 9.90. The SMILES string of the molecule is N=C(N)NCCS(=O)(=O)NC1CCC(n2cc3c(nc2=O)Nc2cc(C4CCNCC4)ccc2O3)CC1. The highest BCUT2D eigenvalue weighted by molar-refractivity contribution is 7.89. The van der Waals surface area contributed by atoms with Crippen LogP contribution in [0.2, 0.25) is 0 Å². The van der Waals surface area contributed by atoms with Crippen LogP contribution < -0.4 is 36.8 Å². The van der Waals surface area contributed by atoms with E-state index < -0.39 is 10.0 Å². The first-order valence-corrected chi connectivity index (χ1v) is 14.4. The van der Waals surface area contributed by atoms with Crippen LogP contribution in [0.25, 0.3) is 0 Å². The fraction of sp³-hybridized carbons (Fsp3) is 0.542. The molecule has 2 fully saturated rings. The van der Waals surface area contributed by atoms with Crippen LogP contribution in [0.4, 0.5) is 11.5 Å². The zero-order valence-corrected chi connectivity index (χ0v) is 21.4. The number of benzene rings is 1. The summed E-state index contributed by atoms with van der Waals surface area (Å²) >= 11 is 0. The second-order valence-electron chi connectivity index (χ2n) is 9.93. The summed E-state index contributed by atoms with van der Waals surface area (Å²) in [4.78, 5) is 17.2. The lowest BCUT2D eigenvalue weighted by molar-refractivity contribution is 0.300. The minimum absolute atomic E-state index is 0.0761. The van der Waals surface area contributed by atoms with E-state index in [1.54, 1.807) is 10.8 Å². The molecule has 0 spiro atoms. The molecule has 12 nitrogen and oxygen atoms in total. The number of nitrogens with two attached hydrogens (primary N) is 1. The zero-order valence-electron chi connectivity index (χ0n) is 20.6. The topological polar surface area (TPSA) is 176 Å². The Balaban J connectivity index is 1.22. The highest BCUT2D eigenvalue weighted by Crippen LogP contribution is 2.42. The fourth-order valence-electron chi connectivity index (χ4n) is 5.37. The lowest BCUT2D eigenvalue weighted by Crippen LogP contribution is -2.43. The summed E-state index contributed by atoms with van der Waals surface area (Å²) < 4.78 is 35.1. The van der Waals surface area contributed by atoms with E-state index in [4.69, 9.17) is 15.9 Å². The maximum atomic E-state index is 12.9. The van der Waals surface area contributed by atoms with Gasteiger partial charge < -0.3 is 26.4 Å². The summed E-state index contributed by atoms with van der Waals surface area (Å²) in [7, 11) is -3.50. The van der Waals surface area contributed by atoms with Crippen molar-refractivity contribution in [3.63, 3.8) is 0 Å². The van der Waals surface area contributed by atoms with E-state index in [1.165, 1.54) is 5.56 Å². The number of piperidine rings is 1. The molecule has 1 aliphatic carbocycles. The van der Waals surface area contributed by atoms with Crippen LogP contribution in [-0.2, 0) is 10.0 Å². The first-order chi connectivity index (χ1) is 17.8. The molecule has 1 aromatic heterocycles. The van der Waals surface area contributed by atoms with Gasteiger partial charge in [-0.1, -0.05) is 6.07 Å². The number of nitrogens with zero attached hydrogens (tertiary/aromatic N) is 2. The summed E-state index contributed by atoms with van der Waals surface area (Å²) in [6.07, 6.45) is 6.40. The normalized spacial score (nSPS) is 21.7. The fourth-order valence-corrected chi connectivity index (χ4v) is 6.60. The van der Waals surface area contributed by atoms with Crippen molar-refractivity contribution in [2.75, 3.05) is 30.7 Å². The number of sulfonamides is 1. The average molecular weight is 531 g/mol. The number of aromatic nitrogens is 2. The molecule has 0 radical (unpaired) electrons. The molecule has 37 heavy (non-hydrogen) atoms. The van der Waals surface area contributed by atoms with Gasteiger partial charge in [-0.25, -0.2) is 17.9 Å². The molecule has 3 aliphatic rings. The molecule has 0 unspecified atom stereocenters. The molecule has 5 rings (SSSR count). The third-order valence-corrected chi connectivity index (χ3v) is 8.76. The van der Waals surface area contributed by atoms with Gasteiger partial charge in [0.2, 0.25) is 10.0 Å². The third-order valence-electron chi connectivity index (χ3n) is 7.33. The summed E-state index contributed by atoms with van der Waals surface area (Å²) in [5, 5.41) is 16.3. The van der Waals surface area contributed by atoms with Crippen molar-refractivity contribution < 1.29 is 13.2 Å². The summed E-state index contributed by atoms with van der Waals surface area (Å²) in [6, 6.07) is 5.90. The molecule has 0 amide bonds. The molecule has 1 saturated heterocycles. The monoisotopic (exact) mass is 530 g/mol. The number of anilines is 2. The van der Waals surface area contributed by atoms with Crippen molar-refractivity contribution in [3.05, 3.63) is 40.4 Å². The predicted molar refractivity (Wildman–Crippen MR) is 141 cm³/mol. The highest BCUT2D eigenvalue weighted by Gasteiger charge is 2.28. The van der Waals surface area contributed by atoms with Gasteiger partial charge in [-0.15, -0.1) is 0 Å². The molecule has 3 heterocycles. The molecular formula is C24H34N8O4S. The van der Waals surface area contributed by atoms with Crippen LogP contribution >= 0.6 is 0 Å². The summed E-state index contributed by atoms with van der Waals surface area (Å²) in [5.74, 6) is 1.71. The minimum atomic E-state index is -3.50. The highest BCUT2D eigenvalue weighted by atomic mass is 32.2. The molecule has 0 atom stereocenters. The molecular weight excluding hydrogens is 496 g/mol. The molecule has 7 N–H and O–H groups in total. The zero-order chi connectivity index (χ0) is 26.0. The van der Waals surface area contributed by atoms with Crippen LogP contribution in [0.3, 0.4) is 0 Å². The van der Waals surface area contributed by atoms with Gasteiger partial charge in [0.15, 0.2) is 23.3 Å². The molecule has 2 aliphatic heterocycles. The summed E-state index contributed by atoms with van der Waals surface area (Å²) in [6.45, 7) is 2.11. The van der Waals surface area contributed by atoms with Crippen molar-refractivity contribution >= 4 is 27.5 Å². The first-order valence-electron chi connectivity index (χ1n) is 12.8. The standard InChI is InChI=1S/C24H34N8O4S/c25-23(26)28-11-12-37(34,35)31-17-2-4-18(5-3-17)32-14-21-22(30-24(32)33)29-19-13-16(1-6-20(19)36-21)15-7-9-27-10-8-15/h1,6,13-15,17-18,27,31H,2-5,7-12H2,(H4,25,26,28)(H,29,30,33). The Hall–Kier alpha value is -3.16. The second-order valence-corrected chi connectivity index (χ2v) is 11.8. The number of rotatable bonds is 7. The van der Waals surface area contributed by atoms with Gasteiger partial charge in [0.05, 0.1) is 17.6 Å². The number of ether oxygens (including phenoxy) is 1. The molecule has 13 heteroatoms. The Morgan fingerprint density at radius 3 is 2.65 bits per heavy atom. The number of fused-ring (bicyclic) bond motifs is 2. The van der Waals surface area contributed by atoms with Gasteiger partial charge in [0.25, 0.3) is 0 Å². The van der Waals surface area contributed by atoms with E-state index in [1.807, 2.05) is 6.07 Å². The van der Waals surface area contributed by atoms with E-state index in [0.29, 0.717) is 48.9 Å². The van der Waals surface area contributed by atoms with E-state index in [0.717, 1.165) is 31.6 Å². The van der Waals surface area contributed by atoms with Gasteiger partial charge in [-0.05, 0) is 75.2 Å². The van der Waals surface area contributed by atoms with Crippen molar-refractivity contribution in [1.29, 1.82) is 5.41 Å². The molecule has 200 valence electrons. The van der Waals surface area contributed by atoms with Crippen LogP contribution in [0.1, 0.15) is 56.0 Å². The summed E-state index contributed by atoms with van der Waals surface area (Å²) in [5.41, 5.74) is 6.92. The molecule has 1 saturated carbocycles. The second kappa shape index (κ2) is 10.7. The molecule has 2 aromatic rings. The number of nitrogens with one attached hydrogen (secondary N) is 5. The van der Waals surface area contributed by atoms with Crippen LogP contribution in [0.15, 0.2) is 29.2 Å². The van der Waals surface area contributed by atoms with Crippen molar-refractivity contribution in [1.82, 2.24) is 24.9 Å². The number of guanidine groups is 1. The van der Waals surface area contributed by atoms with Gasteiger partial charge in [-0.3, -0.25) is 9.98 Å². The lowest BCUT2D eigenvalue weighted by Gasteiger charge is -2.31. The van der Waals surface area contributed by atoms with Crippen molar-refractivity contribution in [2.45, 2.75) is 56.5 Å². The van der Waals surface area contributed by atoms with E-state index in [-0.39, 0.29) is 36.0 Å². The van der Waals surface area contributed by atoms with E-state index in [2.05, 4.69) is 37.8 Å². The average Bonchev–Trinajstić information content (AvgIpc) is 2.87. The quantitative estimate of drug-likeness (QED) is 0.195. The Labute approximate surface area is 215 Å². The molecule has 1 aromatic carbocycles. The number of hydrogen-bond acceptors (Lipinski definition) is 8.